The van der Waals surface area contributed by atoms with E-state index in [4.69, 9.17) is 9.47 Å². The van der Waals surface area contributed by atoms with Crippen LogP contribution in [0.1, 0.15) is 13.3 Å². The molecule has 0 aromatic heterocycles. The molecule has 0 bridgehead atoms. The summed E-state index contributed by atoms with van der Waals surface area (Å²) in [6.45, 7) is 5.56. The van der Waals surface area contributed by atoms with E-state index in [1.165, 1.54) is 0 Å². The Bertz CT molecular complexity index is 138. The van der Waals surface area contributed by atoms with Crippen molar-refractivity contribution < 1.29 is 9.47 Å². The van der Waals surface area contributed by atoms with Crippen LogP contribution in [0.3, 0.4) is 0 Å². The summed E-state index contributed by atoms with van der Waals surface area (Å²) in [4.78, 5) is 0. The number of hydrogen-bond donors (Lipinski definition) is 1. The van der Waals surface area contributed by atoms with Gasteiger partial charge in [-0.2, -0.15) is 0 Å². The molecule has 1 spiro atoms. The number of hydrogen-bond acceptors (Lipinski definition) is 3. The van der Waals surface area contributed by atoms with Crippen molar-refractivity contribution in [2.45, 2.75) is 25.0 Å². The van der Waals surface area contributed by atoms with Crippen molar-refractivity contribution in [3.05, 3.63) is 0 Å². The first-order valence-electron chi connectivity index (χ1n) is 4.25. The highest BCUT2D eigenvalue weighted by Gasteiger charge is 2.39. The van der Waals surface area contributed by atoms with Crippen LogP contribution in [-0.4, -0.2) is 38.0 Å². The van der Waals surface area contributed by atoms with E-state index in [0.29, 0.717) is 6.10 Å². The van der Waals surface area contributed by atoms with Crippen LogP contribution in [-0.2, 0) is 9.47 Å². The molecule has 2 heterocycles. The quantitative estimate of drug-likeness (QED) is 0.543. The van der Waals surface area contributed by atoms with Gasteiger partial charge in [0, 0.05) is 6.54 Å². The third-order valence-corrected chi connectivity index (χ3v) is 2.45. The molecule has 2 aliphatic rings. The second-order valence-electron chi connectivity index (χ2n) is 3.59. The molecular weight excluding hydrogens is 142 g/mol. The molecule has 0 amide bonds. The van der Waals surface area contributed by atoms with Gasteiger partial charge < -0.3 is 14.8 Å². The van der Waals surface area contributed by atoms with E-state index in [1.54, 1.807) is 0 Å². The van der Waals surface area contributed by atoms with E-state index in [2.05, 4.69) is 12.2 Å². The first-order valence-corrected chi connectivity index (χ1v) is 4.25. The molecule has 0 aliphatic carbocycles. The zero-order valence-corrected chi connectivity index (χ0v) is 6.93. The SMILES string of the molecule is CC1CC2(COCCN2)CO1. The van der Waals surface area contributed by atoms with Gasteiger partial charge in [-0.25, -0.2) is 0 Å². The standard InChI is InChI=1S/C8H15NO2/c1-7-4-8(6-11-7)5-10-3-2-9-8/h7,9H,2-6H2,1H3. The zero-order valence-electron chi connectivity index (χ0n) is 6.93. The summed E-state index contributed by atoms with van der Waals surface area (Å²) in [6, 6.07) is 0. The highest BCUT2D eigenvalue weighted by atomic mass is 16.5. The Labute approximate surface area is 67.1 Å². The Morgan fingerprint density at radius 2 is 2.36 bits per heavy atom. The van der Waals surface area contributed by atoms with E-state index < -0.39 is 0 Å². The minimum atomic E-state index is 0.150. The molecule has 11 heavy (non-hydrogen) atoms. The molecule has 2 fully saturated rings. The number of morpholine rings is 1. The average molecular weight is 157 g/mol. The maximum absolute atomic E-state index is 5.50. The van der Waals surface area contributed by atoms with Gasteiger partial charge in [0.15, 0.2) is 0 Å². The molecule has 2 rings (SSSR count). The maximum atomic E-state index is 5.50. The summed E-state index contributed by atoms with van der Waals surface area (Å²) in [6.07, 6.45) is 1.48. The Kier molecular flexibility index (Phi) is 1.87. The Balaban J connectivity index is 1.98. The second kappa shape index (κ2) is 2.73. The van der Waals surface area contributed by atoms with Crippen molar-refractivity contribution in [1.82, 2.24) is 5.32 Å². The van der Waals surface area contributed by atoms with Gasteiger partial charge in [0.2, 0.25) is 0 Å². The van der Waals surface area contributed by atoms with E-state index >= 15 is 0 Å². The highest BCUT2D eigenvalue weighted by molar-refractivity contribution is 4.95. The van der Waals surface area contributed by atoms with Crippen molar-refractivity contribution in [3.63, 3.8) is 0 Å². The maximum Gasteiger partial charge on any atom is 0.0679 e. The van der Waals surface area contributed by atoms with Crippen LogP contribution in [0, 0.1) is 0 Å². The summed E-state index contributed by atoms with van der Waals surface area (Å²) in [5.41, 5.74) is 0.150. The summed E-state index contributed by atoms with van der Waals surface area (Å²) < 4.78 is 10.9. The van der Waals surface area contributed by atoms with Crippen molar-refractivity contribution in [2.75, 3.05) is 26.4 Å². The van der Waals surface area contributed by atoms with Gasteiger partial charge in [-0.1, -0.05) is 0 Å². The molecule has 64 valence electrons. The third kappa shape index (κ3) is 1.41. The van der Waals surface area contributed by atoms with E-state index in [9.17, 15) is 0 Å². The fourth-order valence-electron chi connectivity index (χ4n) is 1.90. The lowest BCUT2D eigenvalue weighted by molar-refractivity contribution is 0.0194. The van der Waals surface area contributed by atoms with Crippen molar-refractivity contribution >= 4 is 0 Å². The zero-order chi connectivity index (χ0) is 7.73. The number of nitrogens with one attached hydrogen (secondary N) is 1. The van der Waals surface area contributed by atoms with Crippen LogP contribution >= 0.6 is 0 Å². The lowest BCUT2D eigenvalue weighted by Gasteiger charge is -2.33. The van der Waals surface area contributed by atoms with Gasteiger partial charge in [-0.15, -0.1) is 0 Å². The molecule has 0 radical (unpaired) electrons. The van der Waals surface area contributed by atoms with E-state index in [1.807, 2.05) is 0 Å². The fraction of sp³-hybridized carbons (Fsp3) is 1.00. The molecule has 0 aromatic carbocycles. The van der Waals surface area contributed by atoms with Gasteiger partial charge in [-0.3, -0.25) is 0 Å². The average Bonchev–Trinajstić information content (AvgIpc) is 2.34. The normalized spacial score (nSPS) is 45.0. The van der Waals surface area contributed by atoms with Gasteiger partial charge in [0.25, 0.3) is 0 Å². The molecule has 3 heteroatoms. The molecule has 0 saturated carbocycles. The summed E-state index contributed by atoms with van der Waals surface area (Å²) in [5.74, 6) is 0. The van der Waals surface area contributed by atoms with Crippen molar-refractivity contribution in [1.29, 1.82) is 0 Å². The summed E-state index contributed by atoms with van der Waals surface area (Å²) in [5, 5.41) is 3.47. The van der Waals surface area contributed by atoms with Crippen LogP contribution < -0.4 is 5.32 Å². The Hall–Kier alpha value is -0.120. The van der Waals surface area contributed by atoms with Crippen molar-refractivity contribution in [3.8, 4) is 0 Å². The third-order valence-electron chi connectivity index (χ3n) is 2.45. The largest absolute Gasteiger partial charge is 0.378 e. The van der Waals surface area contributed by atoms with Gasteiger partial charge in [-0.05, 0) is 13.3 Å². The Morgan fingerprint density at radius 1 is 1.45 bits per heavy atom. The van der Waals surface area contributed by atoms with Gasteiger partial charge >= 0.3 is 0 Å². The molecule has 0 aromatic rings. The highest BCUT2D eigenvalue weighted by Crippen LogP contribution is 2.25. The predicted octanol–water partition coefficient (Wildman–Crippen LogP) is 0.154. The van der Waals surface area contributed by atoms with Crippen LogP contribution in [0.15, 0.2) is 0 Å². The van der Waals surface area contributed by atoms with E-state index in [0.717, 1.165) is 32.8 Å². The van der Waals surface area contributed by atoms with Gasteiger partial charge in [0.05, 0.1) is 31.5 Å². The molecule has 1 N–H and O–H groups in total. The molecule has 2 aliphatic heterocycles. The van der Waals surface area contributed by atoms with Crippen LogP contribution in [0.25, 0.3) is 0 Å². The number of ether oxygens (including phenoxy) is 2. The summed E-state index contributed by atoms with van der Waals surface area (Å²) in [7, 11) is 0. The fourth-order valence-corrected chi connectivity index (χ4v) is 1.90. The first-order chi connectivity index (χ1) is 5.31. The first kappa shape index (κ1) is 7.53. The minimum Gasteiger partial charge on any atom is -0.378 e. The second-order valence-corrected chi connectivity index (χ2v) is 3.59. The lowest BCUT2D eigenvalue weighted by atomic mass is 9.96. The topological polar surface area (TPSA) is 30.5 Å². The molecule has 2 unspecified atom stereocenters. The lowest BCUT2D eigenvalue weighted by Crippen LogP contribution is -2.54. The molecule has 3 nitrogen and oxygen atoms in total. The Morgan fingerprint density at radius 3 is 2.91 bits per heavy atom. The van der Waals surface area contributed by atoms with Crippen molar-refractivity contribution in [2.24, 2.45) is 0 Å². The summed E-state index contributed by atoms with van der Waals surface area (Å²) >= 11 is 0. The van der Waals surface area contributed by atoms with Crippen LogP contribution in [0.5, 0.6) is 0 Å². The predicted molar refractivity (Wildman–Crippen MR) is 41.6 cm³/mol. The smallest absolute Gasteiger partial charge is 0.0679 e. The monoisotopic (exact) mass is 157 g/mol. The minimum absolute atomic E-state index is 0.150. The van der Waals surface area contributed by atoms with Gasteiger partial charge in [0.1, 0.15) is 0 Å². The molecular formula is C8H15NO2. The molecule has 2 atom stereocenters. The van der Waals surface area contributed by atoms with Crippen LogP contribution in [0.2, 0.25) is 0 Å². The number of rotatable bonds is 0. The van der Waals surface area contributed by atoms with Crippen LogP contribution in [0.4, 0.5) is 0 Å². The molecule has 2 saturated heterocycles. The van der Waals surface area contributed by atoms with E-state index in [-0.39, 0.29) is 5.54 Å².